The highest BCUT2D eigenvalue weighted by Crippen LogP contribution is 2.15. The van der Waals surface area contributed by atoms with Gasteiger partial charge in [0, 0.05) is 7.05 Å². The van der Waals surface area contributed by atoms with Crippen molar-refractivity contribution in [3.05, 3.63) is 60.2 Å². The third-order valence-electron chi connectivity index (χ3n) is 3.52. The summed E-state index contributed by atoms with van der Waals surface area (Å²) in [4.78, 5) is 16.3. The van der Waals surface area contributed by atoms with Gasteiger partial charge in [-0.05, 0) is 24.3 Å². The molecule has 0 unspecified atom stereocenters. The van der Waals surface area contributed by atoms with Crippen LogP contribution in [0.4, 0.5) is 4.39 Å². The van der Waals surface area contributed by atoms with Crippen molar-refractivity contribution in [3.63, 3.8) is 0 Å². The Bertz CT molecular complexity index is 845. The highest BCUT2D eigenvalue weighted by molar-refractivity contribution is 5.78. The van der Waals surface area contributed by atoms with Crippen molar-refractivity contribution in [1.82, 2.24) is 14.9 Å². The first-order valence-corrected chi connectivity index (χ1v) is 7.19. The lowest BCUT2D eigenvalue weighted by Gasteiger charge is -2.08. The maximum Gasteiger partial charge on any atom is 0.258 e. The van der Waals surface area contributed by atoms with E-state index in [1.54, 1.807) is 12.1 Å². The summed E-state index contributed by atoms with van der Waals surface area (Å²) in [6.45, 7) is 0.0372. The Morgan fingerprint density at radius 2 is 1.96 bits per heavy atom. The van der Waals surface area contributed by atoms with Gasteiger partial charge in [-0.3, -0.25) is 4.79 Å². The molecule has 118 valence electrons. The molecule has 0 aliphatic carbocycles. The molecule has 0 fully saturated rings. The lowest BCUT2D eigenvalue weighted by Crippen LogP contribution is -2.29. The molecule has 1 aromatic heterocycles. The summed E-state index contributed by atoms with van der Waals surface area (Å²) >= 11 is 0. The molecule has 0 saturated heterocycles. The summed E-state index contributed by atoms with van der Waals surface area (Å²) in [6, 6.07) is 13.7. The van der Waals surface area contributed by atoms with Crippen molar-refractivity contribution in [2.24, 2.45) is 7.05 Å². The largest absolute Gasteiger partial charge is 0.481 e. The Morgan fingerprint density at radius 1 is 1.22 bits per heavy atom. The van der Waals surface area contributed by atoms with Gasteiger partial charge in [0.05, 0.1) is 17.6 Å². The van der Waals surface area contributed by atoms with Crippen LogP contribution in [0.15, 0.2) is 48.5 Å². The molecule has 3 aromatic rings. The SMILES string of the molecule is Cn1c(CNC(=O)COc2ccccc2F)nc2ccccc21. The second-order valence-corrected chi connectivity index (χ2v) is 5.07. The number of carbonyl (C=O) groups is 1. The van der Waals surface area contributed by atoms with Crippen LogP contribution in [0, 0.1) is 5.82 Å². The van der Waals surface area contributed by atoms with Crippen LogP contribution in [0.25, 0.3) is 11.0 Å². The third-order valence-corrected chi connectivity index (χ3v) is 3.52. The molecule has 0 bridgehead atoms. The number of nitrogens with one attached hydrogen (secondary N) is 1. The molecule has 0 saturated carbocycles. The number of hydrogen-bond donors (Lipinski definition) is 1. The summed E-state index contributed by atoms with van der Waals surface area (Å²) < 4.78 is 20.5. The Balaban J connectivity index is 1.58. The molecule has 1 heterocycles. The van der Waals surface area contributed by atoms with Gasteiger partial charge in [0.1, 0.15) is 5.82 Å². The lowest BCUT2D eigenvalue weighted by molar-refractivity contribution is -0.123. The van der Waals surface area contributed by atoms with Crippen LogP contribution in [-0.2, 0) is 18.4 Å². The molecule has 1 N–H and O–H groups in total. The Morgan fingerprint density at radius 3 is 2.74 bits per heavy atom. The number of para-hydroxylation sites is 3. The first kappa shape index (κ1) is 15.0. The second-order valence-electron chi connectivity index (χ2n) is 5.07. The lowest BCUT2D eigenvalue weighted by atomic mass is 10.3. The number of carbonyl (C=O) groups excluding carboxylic acids is 1. The van der Waals surface area contributed by atoms with E-state index in [0.717, 1.165) is 16.9 Å². The normalized spacial score (nSPS) is 10.7. The minimum absolute atomic E-state index is 0.0605. The van der Waals surface area contributed by atoms with Gasteiger partial charge < -0.3 is 14.6 Å². The molecule has 2 aromatic carbocycles. The maximum absolute atomic E-state index is 13.4. The first-order valence-electron chi connectivity index (χ1n) is 7.19. The van der Waals surface area contributed by atoms with Gasteiger partial charge in [0.25, 0.3) is 5.91 Å². The monoisotopic (exact) mass is 313 g/mol. The number of aryl methyl sites for hydroxylation is 1. The quantitative estimate of drug-likeness (QED) is 0.787. The van der Waals surface area contributed by atoms with Crippen LogP contribution in [0.2, 0.25) is 0 Å². The van der Waals surface area contributed by atoms with E-state index in [4.69, 9.17) is 4.74 Å². The van der Waals surface area contributed by atoms with E-state index in [0.29, 0.717) is 0 Å². The average Bonchev–Trinajstić information content (AvgIpc) is 2.89. The summed E-state index contributed by atoms with van der Waals surface area (Å²) in [6.07, 6.45) is 0. The molecule has 0 aliphatic heterocycles. The number of ether oxygens (including phenoxy) is 1. The van der Waals surface area contributed by atoms with Gasteiger partial charge in [-0.15, -0.1) is 0 Å². The Hall–Kier alpha value is -2.89. The van der Waals surface area contributed by atoms with Crippen molar-refractivity contribution in [2.75, 3.05) is 6.61 Å². The molecular weight excluding hydrogens is 297 g/mol. The number of benzene rings is 2. The van der Waals surface area contributed by atoms with E-state index in [1.807, 2.05) is 35.9 Å². The zero-order valence-electron chi connectivity index (χ0n) is 12.6. The van der Waals surface area contributed by atoms with Crippen molar-refractivity contribution >= 4 is 16.9 Å². The fraction of sp³-hybridized carbons (Fsp3) is 0.176. The van der Waals surface area contributed by atoms with Crippen molar-refractivity contribution in [1.29, 1.82) is 0 Å². The van der Waals surface area contributed by atoms with Crippen LogP contribution in [-0.4, -0.2) is 22.1 Å². The highest BCUT2D eigenvalue weighted by atomic mass is 19.1. The number of hydrogen-bond acceptors (Lipinski definition) is 3. The topological polar surface area (TPSA) is 56.2 Å². The minimum Gasteiger partial charge on any atom is -0.481 e. The highest BCUT2D eigenvalue weighted by Gasteiger charge is 2.10. The van der Waals surface area contributed by atoms with Gasteiger partial charge in [-0.2, -0.15) is 0 Å². The zero-order valence-corrected chi connectivity index (χ0v) is 12.6. The molecule has 0 atom stereocenters. The molecule has 3 rings (SSSR count). The van der Waals surface area contributed by atoms with Crippen molar-refractivity contribution in [2.45, 2.75) is 6.54 Å². The summed E-state index contributed by atoms with van der Waals surface area (Å²) in [5, 5.41) is 2.72. The van der Waals surface area contributed by atoms with Crippen LogP contribution in [0.1, 0.15) is 5.82 Å². The van der Waals surface area contributed by atoms with E-state index in [9.17, 15) is 9.18 Å². The second kappa shape index (κ2) is 6.48. The minimum atomic E-state index is -0.490. The van der Waals surface area contributed by atoms with E-state index >= 15 is 0 Å². The predicted molar refractivity (Wildman–Crippen MR) is 84.5 cm³/mol. The molecule has 0 aliphatic rings. The van der Waals surface area contributed by atoms with Crippen LogP contribution in [0.5, 0.6) is 5.75 Å². The number of rotatable bonds is 5. The molecule has 6 heteroatoms. The van der Waals surface area contributed by atoms with Gasteiger partial charge >= 0.3 is 0 Å². The first-order chi connectivity index (χ1) is 11.1. The summed E-state index contributed by atoms with van der Waals surface area (Å²) in [5.41, 5.74) is 1.88. The molecule has 23 heavy (non-hydrogen) atoms. The van der Waals surface area contributed by atoms with Gasteiger partial charge in [-0.1, -0.05) is 24.3 Å². The van der Waals surface area contributed by atoms with Crippen molar-refractivity contribution < 1.29 is 13.9 Å². The fourth-order valence-electron chi connectivity index (χ4n) is 2.29. The van der Waals surface area contributed by atoms with Gasteiger partial charge in [0.15, 0.2) is 18.2 Å². The average molecular weight is 313 g/mol. The predicted octanol–water partition coefficient (Wildman–Crippen LogP) is 2.41. The summed E-state index contributed by atoms with van der Waals surface area (Å²) in [5.74, 6) is -0.0215. The molecule has 0 radical (unpaired) electrons. The number of nitrogens with zero attached hydrogens (tertiary/aromatic N) is 2. The van der Waals surface area contributed by atoms with E-state index in [1.165, 1.54) is 12.1 Å². The van der Waals surface area contributed by atoms with Gasteiger partial charge in [0.2, 0.25) is 0 Å². The summed E-state index contributed by atoms with van der Waals surface area (Å²) in [7, 11) is 1.90. The van der Waals surface area contributed by atoms with E-state index < -0.39 is 5.82 Å². The molecule has 0 spiro atoms. The third kappa shape index (κ3) is 3.31. The molecule has 1 amide bonds. The van der Waals surface area contributed by atoms with Crippen LogP contribution >= 0.6 is 0 Å². The van der Waals surface area contributed by atoms with Gasteiger partial charge in [-0.25, -0.2) is 9.37 Å². The van der Waals surface area contributed by atoms with E-state index in [2.05, 4.69) is 10.3 Å². The standard InChI is InChI=1S/C17H16FN3O2/c1-21-14-8-4-3-7-13(14)20-16(21)10-19-17(22)11-23-15-9-5-2-6-12(15)18/h2-9H,10-11H2,1H3,(H,19,22). The number of halogens is 1. The number of amides is 1. The van der Waals surface area contributed by atoms with Crippen LogP contribution in [0.3, 0.4) is 0 Å². The Labute approximate surface area is 132 Å². The van der Waals surface area contributed by atoms with Crippen LogP contribution < -0.4 is 10.1 Å². The fourth-order valence-corrected chi connectivity index (χ4v) is 2.29. The molecular formula is C17H16FN3O2. The number of fused-ring (bicyclic) bond motifs is 1. The Kier molecular flexibility index (Phi) is 4.23. The van der Waals surface area contributed by atoms with Crippen molar-refractivity contribution in [3.8, 4) is 5.75 Å². The van der Waals surface area contributed by atoms with E-state index in [-0.39, 0.29) is 24.8 Å². The number of imidazole rings is 1. The molecule has 5 nitrogen and oxygen atoms in total. The maximum atomic E-state index is 13.4. The number of aromatic nitrogens is 2. The smallest absolute Gasteiger partial charge is 0.258 e. The zero-order chi connectivity index (χ0) is 16.2.